The summed E-state index contributed by atoms with van der Waals surface area (Å²) >= 11 is 1.66. The minimum atomic E-state index is -0.437. The summed E-state index contributed by atoms with van der Waals surface area (Å²) in [5.41, 5.74) is 6.35. The number of carbonyl (C=O) groups is 1. The van der Waals surface area contributed by atoms with Gasteiger partial charge in [-0.2, -0.15) is 0 Å². The topological polar surface area (TPSA) is 79.5 Å². The van der Waals surface area contributed by atoms with Crippen molar-refractivity contribution in [1.29, 1.82) is 0 Å². The van der Waals surface area contributed by atoms with Crippen molar-refractivity contribution >= 4 is 23.6 Å². The van der Waals surface area contributed by atoms with Crippen molar-refractivity contribution in [3.05, 3.63) is 65.7 Å². The Hall–Kier alpha value is -2.61. The average molecular weight is 421 g/mol. The second kappa shape index (κ2) is 12.1. The lowest BCUT2D eigenvalue weighted by atomic mass is 9.98. The van der Waals surface area contributed by atoms with Crippen LogP contribution in [0.1, 0.15) is 12.0 Å². The van der Waals surface area contributed by atoms with Crippen LogP contribution in [-0.4, -0.2) is 37.8 Å². The zero-order valence-electron chi connectivity index (χ0n) is 16.3. The number of benzene rings is 2. The molecule has 0 spiro atoms. The normalized spacial score (nSPS) is 12.4. The van der Waals surface area contributed by atoms with E-state index in [0.717, 1.165) is 22.6 Å². The number of carbonyl (C=O) groups excluding carboxylic acids is 1. The summed E-state index contributed by atoms with van der Waals surface area (Å²) in [6.07, 6.45) is 1.31. The molecule has 5 nitrogen and oxygen atoms in total. The molecule has 2 rings (SSSR count). The van der Waals surface area contributed by atoms with E-state index in [1.165, 1.54) is 24.3 Å². The van der Waals surface area contributed by atoms with Crippen LogP contribution in [0.4, 0.5) is 8.78 Å². The maximum absolute atomic E-state index is 13.0. The largest absolute Gasteiger partial charge is 0.369 e. The van der Waals surface area contributed by atoms with Crippen molar-refractivity contribution in [3.8, 4) is 0 Å². The third-order valence-corrected chi connectivity index (χ3v) is 5.33. The molecule has 1 unspecified atom stereocenters. The van der Waals surface area contributed by atoms with E-state index in [1.54, 1.807) is 43.1 Å². The number of halogens is 2. The van der Waals surface area contributed by atoms with Crippen molar-refractivity contribution in [1.82, 2.24) is 10.6 Å². The summed E-state index contributed by atoms with van der Waals surface area (Å²) in [5.74, 6) is 0.0526. The van der Waals surface area contributed by atoms with Crippen LogP contribution >= 0.6 is 11.8 Å². The first-order valence-corrected chi connectivity index (χ1v) is 10.3. The Balaban J connectivity index is 1.71. The van der Waals surface area contributed by atoms with E-state index in [9.17, 15) is 13.6 Å². The van der Waals surface area contributed by atoms with E-state index in [1.807, 2.05) is 0 Å². The molecular formula is C21H26F2N4OS. The number of nitrogens with two attached hydrogens (primary N) is 1. The van der Waals surface area contributed by atoms with Gasteiger partial charge in [0.15, 0.2) is 5.96 Å². The van der Waals surface area contributed by atoms with Crippen LogP contribution in [0.2, 0.25) is 0 Å². The highest BCUT2D eigenvalue weighted by molar-refractivity contribution is 7.99. The fourth-order valence-corrected chi connectivity index (χ4v) is 3.47. The number of aliphatic imine (C=N–C) groups is 1. The minimum absolute atomic E-state index is 0.236. The quantitative estimate of drug-likeness (QED) is 0.239. The molecule has 0 fully saturated rings. The highest BCUT2D eigenvalue weighted by Gasteiger charge is 2.16. The molecule has 29 heavy (non-hydrogen) atoms. The molecular weight excluding hydrogens is 394 g/mol. The molecule has 0 aliphatic rings. The Morgan fingerprint density at radius 3 is 2.28 bits per heavy atom. The molecule has 156 valence electrons. The van der Waals surface area contributed by atoms with Crippen LogP contribution in [0, 0.1) is 17.6 Å². The number of hydrogen-bond acceptors (Lipinski definition) is 3. The highest BCUT2D eigenvalue weighted by Crippen LogP contribution is 2.18. The molecule has 0 aliphatic carbocycles. The van der Waals surface area contributed by atoms with Gasteiger partial charge in [-0.25, -0.2) is 8.78 Å². The van der Waals surface area contributed by atoms with Crippen LogP contribution in [0.15, 0.2) is 58.4 Å². The number of nitrogens with zero attached hydrogens (tertiary/aromatic N) is 1. The van der Waals surface area contributed by atoms with E-state index < -0.39 is 11.8 Å². The average Bonchev–Trinajstić information content (AvgIpc) is 2.71. The third-order valence-electron chi connectivity index (χ3n) is 4.23. The van der Waals surface area contributed by atoms with Crippen molar-refractivity contribution in [2.24, 2.45) is 16.6 Å². The van der Waals surface area contributed by atoms with Gasteiger partial charge in [0.2, 0.25) is 5.91 Å². The van der Waals surface area contributed by atoms with Crippen LogP contribution in [0.3, 0.4) is 0 Å². The van der Waals surface area contributed by atoms with E-state index in [4.69, 9.17) is 5.73 Å². The monoisotopic (exact) mass is 420 g/mol. The molecule has 4 N–H and O–H groups in total. The zero-order chi connectivity index (χ0) is 21.1. The van der Waals surface area contributed by atoms with E-state index in [0.29, 0.717) is 25.5 Å². The number of thioether (sulfide) groups is 1. The van der Waals surface area contributed by atoms with Gasteiger partial charge in [-0.15, -0.1) is 11.8 Å². The Morgan fingerprint density at radius 2 is 1.69 bits per heavy atom. The van der Waals surface area contributed by atoms with Crippen molar-refractivity contribution < 1.29 is 13.6 Å². The molecule has 1 amide bonds. The Morgan fingerprint density at radius 1 is 1.07 bits per heavy atom. The zero-order valence-corrected chi connectivity index (χ0v) is 17.1. The second-order valence-corrected chi connectivity index (χ2v) is 7.63. The second-order valence-electron chi connectivity index (χ2n) is 6.47. The highest BCUT2D eigenvalue weighted by atomic mass is 32.2. The Labute approximate surface area is 174 Å². The minimum Gasteiger partial charge on any atom is -0.369 e. The predicted octanol–water partition coefficient (Wildman–Crippen LogP) is 2.96. The van der Waals surface area contributed by atoms with Crippen LogP contribution < -0.4 is 16.4 Å². The van der Waals surface area contributed by atoms with Gasteiger partial charge in [0, 0.05) is 25.0 Å². The number of primary amides is 1. The molecule has 0 radical (unpaired) electrons. The van der Waals surface area contributed by atoms with Crippen molar-refractivity contribution in [3.63, 3.8) is 0 Å². The summed E-state index contributed by atoms with van der Waals surface area (Å²) in [6.45, 7) is 1.03. The third kappa shape index (κ3) is 8.51. The molecule has 0 aliphatic heterocycles. The summed E-state index contributed by atoms with van der Waals surface area (Å²) in [6, 6.07) is 12.5. The van der Waals surface area contributed by atoms with Gasteiger partial charge >= 0.3 is 0 Å². The number of hydrogen-bond donors (Lipinski definition) is 3. The summed E-state index contributed by atoms with van der Waals surface area (Å²) in [7, 11) is 1.65. The van der Waals surface area contributed by atoms with Crippen LogP contribution in [0.5, 0.6) is 0 Å². The van der Waals surface area contributed by atoms with Crippen molar-refractivity contribution in [2.75, 3.05) is 25.9 Å². The summed E-state index contributed by atoms with van der Waals surface area (Å²) in [5, 5.41) is 6.31. The van der Waals surface area contributed by atoms with E-state index >= 15 is 0 Å². The molecule has 2 aromatic carbocycles. The van der Waals surface area contributed by atoms with Crippen molar-refractivity contribution in [2.45, 2.75) is 17.7 Å². The molecule has 8 heteroatoms. The van der Waals surface area contributed by atoms with Gasteiger partial charge in [0.25, 0.3) is 0 Å². The first-order valence-electron chi connectivity index (χ1n) is 9.34. The van der Waals surface area contributed by atoms with Gasteiger partial charge in [-0.1, -0.05) is 12.1 Å². The SMILES string of the molecule is CN=C(NCCCSc1ccc(F)cc1)NCC(Cc1ccc(F)cc1)C(N)=O. The van der Waals surface area contributed by atoms with Gasteiger partial charge in [-0.05, 0) is 60.6 Å². The Bertz CT molecular complexity index is 797. The first-order chi connectivity index (χ1) is 14.0. The van der Waals surface area contributed by atoms with Gasteiger partial charge in [-0.3, -0.25) is 9.79 Å². The smallest absolute Gasteiger partial charge is 0.222 e. The molecule has 2 aromatic rings. The number of rotatable bonds is 10. The van der Waals surface area contributed by atoms with Gasteiger partial charge in [0.1, 0.15) is 11.6 Å². The fourth-order valence-electron chi connectivity index (χ4n) is 2.62. The maximum atomic E-state index is 13.0. The van der Waals surface area contributed by atoms with Gasteiger partial charge < -0.3 is 16.4 Å². The van der Waals surface area contributed by atoms with Gasteiger partial charge in [0.05, 0.1) is 5.92 Å². The number of amides is 1. The fraction of sp³-hybridized carbons (Fsp3) is 0.333. The molecule has 0 bridgehead atoms. The van der Waals surface area contributed by atoms with Crippen LogP contribution in [-0.2, 0) is 11.2 Å². The molecule has 0 aromatic heterocycles. The van der Waals surface area contributed by atoms with E-state index in [-0.39, 0.29) is 11.6 Å². The summed E-state index contributed by atoms with van der Waals surface area (Å²) < 4.78 is 25.9. The lowest BCUT2D eigenvalue weighted by molar-refractivity contribution is -0.121. The summed E-state index contributed by atoms with van der Waals surface area (Å²) in [4.78, 5) is 16.9. The molecule has 0 saturated heterocycles. The number of guanidine groups is 1. The predicted molar refractivity (Wildman–Crippen MR) is 114 cm³/mol. The molecule has 0 heterocycles. The first kappa shape index (κ1) is 22.7. The molecule has 1 atom stereocenters. The lowest BCUT2D eigenvalue weighted by Gasteiger charge is -2.17. The number of nitrogens with one attached hydrogen (secondary N) is 2. The Kier molecular flexibility index (Phi) is 9.43. The van der Waals surface area contributed by atoms with E-state index in [2.05, 4.69) is 15.6 Å². The maximum Gasteiger partial charge on any atom is 0.222 e. The standard InChI is InChI=1S/C21H26F2N4OS/c1-25-21(26-11-2-12-29-19-9-7-18(23)8-10-19)27-14-16(20(24)28)13-15-3-5-17(22)6-4-15/h3-10,16H,2,11-14H2,1H3,(H2,24,28)(H2,25,26,27). The van der Waals surface area contributed by atoms with Crippen LogP contribution in [0.25, 0.3) is 0 Å². The molecule has 0 saturated carbocycles. The lowest BCUT2D eigenvalue weighted by Crippen LogP contribution is -2.43.